The van der Waals surface area contributed by atoms with E-state index in [9.17, 15) is 0 Å². The summed E-state index contributed by atoms with van der Waals surface area (Å²) in [5.41, 5.74) is 1.06. The summed E-state index contributed by atoms with van der Waals surface area (Å²) in [6.07, 6.45) is 3.74. The van der Waals surface area contributed by atoms with Crippen molar-refractivity contribution in [1.82, 2.24) is 0 Å². The van der Waals surface area contributed by atoms with Crippen LogP contribution in [0.1, 0.15) is 6.92 Å². The standard InChI is InChI=1S/C13H16ClNO/c1-4-16-11(2)9-10-15(3)13-7-5-12(14)6-8-13/h5-10H,2,4H2,1,3H3/b10-9-. The van der Waals surface area contributed by atoms with Crippen LogP contribution in [0.15, 0.2) is 48.9 Å². The van der Waals surface area contributed by atoms with E-state index in [2.05, 4.69) is 6.58 Å². The van der Waals surface area contributed by atoms with E-state index in [-0.39, 0.29) is 0 Å². The molecule has 3 heteroatoms. The molecule has 0 spiro atoms. The molecule has 0 radical (unpaired) electrons. The van der Waals surface area contributed by atoms with Gasteiger partial charge in [0, 0.05) is 24.0 Å². The zero-order chi connectivity index (χ0) is 12.0. The van der Waals surface area contributed by atoms with Gasteiger partial charge in [0.1, 0.15) is 5.76 Å². The number of benzene rings is 1. The summed E-state index contributed by atoms with van der Waals surface area (Å²) in [6.45, 7) is 6.33. The van der Waals surface area contributed by atoms with Crippen molar-refractivity contribution in [3.8, 4) is 0 Å². The number of hydrogen-bond donors (Lipinski definition) is 0. The summed E-state index contributed by atoms with van der Waals surface area (Å²) in [5.74, 6) is 0.656. The van der Waals surface area contributed by atoms with Crippen LogP contribution in [-0.4, -0.2) is 13.7 Å². The summed E-state index contributed by atoms with van der Waals surface area (Å²) in [5, 5.41) is 0.736. The van der Waals surface area contributed by atoms with Gasteiger partial charge in [-0.05, 0) is 37.3 Å². The highest BCUT2D eigenvalue weighted by Crippen LogP contribution is 2.17. The maximum atomic E-state index is 5.81. The lowest BCUT2D eigenvalue weighted by molar-refractivity contribution is 0.244. The first-order valence-electron chi connectivity index (χ1n) is 5.11. The first-order valence-corrected chi connectivity index (χ1v) is 5.49. The van der Waals surface area contributed by atoms with Gasteiger partial charge in [-0.15, -0.1) is 0 Å². The van der Waals surface area contributed by atoms with E-state index in [0.29, 0.717) is 12.4 Å². The Morgan fingerprint density at radius 2 is 2.06 bits per heavy atom. The topological polar surface area (TPSA) is 12.5 Å². The highest BCUT2D eigenvalue weighted by Gasteiger charge is 1.96. The van der Waals surface area contributed by atoms with Gasteiger partial charge in [-0.1, -0.05) is 18.2 Å². The van der Waals surface area contributed by atoms with E-state index >= 15 is 0 Å². The largest absolute Gasteiger partial charge is 0.494 e. The van der Waals surface area contributed by atoms with Gasteiger partial charge in [0.15, 0.2) is 0 Å². The predicted molar refractivity (Wildman–Crippen MR) is 69.8 cm³/mol. The van der Waals surface area contributed by atoms with Crippen molar-refractivity contribution >= 4 is 17.3 Å². The number of anilines is 1. The van der Waals surface area contributed by atoms with Crippen LogP contribution in [0.25, 0.3) is 0 Å². The predicted octanol–water partition coefficient (Wildman–Crippen LogP) is 3.84. The van der Waals surface area contributed by atoms with Gasteiger partial charge in [-0.2, -0.15) is 0 Å². The third kappa shape index (κ3) is 3.99. The Morgan fingerprint density at radius 1 is 1.44 bits per heavy atom. The van der Waals surface area contributed by atoms with Gasteiger partial charge < -0.3 is 9.64 Å². The maximum absolute atomic E-state index is 5.81. The van der Waals surface area contributed by atoms with Gasteiger partial charge in [0.05, 0.1) is 6.61 Å². The number of allylic oxidation sites excluding steroid dienone is 1. The third-order valence-electron chi connectivity index (χ3n) is 2.05. The molecule has 0 N–H and O–H groups in total. The zero-order valence-corrected chi connectivity index (χ0v) is 10.4. The average molecular weight is 238 g/mol. The van der Waals surface area contributed by atoms with Crippen LogP contribution in [-0.2, 0) is 4.74 Å². The highest BCUT2D eigenvalue weighted by molar-refractivity contribution is 6.30. The minimum absolute atomic E-state index is 0.633. The molecule has 0 unspecified atom stereocenters. The summed E-state index contributed by atoms with van der Waals surface area (Å²) in [7, 11) is 1.96. The fraction of sp³-hybridized carbons (Fsp3) is 0.231. The monoisotopic (exact) mass is 237 g/mol. The molecule has 0 amide bonds. The van der Waals surface area contributed by atoms with E-state index in [4.69, 9.17) is 16.3 Å². The molecule has 0 saturated carbocycles. The summed E-state index contributed by atoms with van der Waals surface area (Å²) >= 11 is 5.81. The first-order chi connectivity index (χ1) is 7.63. The molecule has 0 aromatic heterocycles. The van der Waals surface area contributed by atoms with Gasteiger partial charge in [0.2, 0.25) is 0 Å². The lowest BCUT2D eigenvalue weighted by atomic mass is 10.3. The number of rotatable bonds is 5. The molecular weight excluding hydrogens is 222 g/mol. The smallest absolute Gasteiger partial charge is 0.113 e. The van der Waals surface area contributed by atoms with Gasteiger partial charge in [0.25, 0.3) is 0 Å². The molecule has 1 aromatic carbocycles. The minimum Gasteiger partial charge on any atom is -0.494 e. The minimum atomic E-state index is 0.633. The number of ether oxygens (including phenoxy) is 1. The molecule has 0 fully saturated rings. The molecule has 16 heavy (non-hydrogen) atoms. The second kappa shape index (κ2) is 6.23. The summed E-state index contributed by atoms with van der Waals surface area (Å²) < 4.78 is 5.22. The lowest BCUT2D eigenvalue weighted by Crippen LogP contribution is -2.07. The van der Waals surface area contributed by atoms with Gasteiger partial charge >= 0.3 is 0 Å². The van der Waals surface area contributed by atoms with Crippen molar-refractivity contribution < 1.29 is 4.74 Å². The molecule has 1 rings (SSSR count). The van der Waals surface area contributed by atoms with Crippen LogP contribution in [0, 0.1) is 0 Å². The second-order valence-electron chi connectivity index (χ2n) is 3.30. The van der Waals surface area contributed by atoms with Crippen LogP contribution < -0.4 is 4.90 Å². The van der Waals surface area contributed by atoms with E-state index in [1.54, 1.807) is 0 Å². The van der Waals surface area contributed by atoms with Crippen LogP contribution in [0.4, 0.5) is 5.69 Å². The molecule has 0 heterocycles. The second-order valence-corrected chi connectivity index (χ2v) is 3.74. The third-order valence-corrected chi connectivity index (χ3v) is 2.30. The number of halogens is 1. The van der Waals surface area contributed by atoms with E-state index in [0.717, 1.165) is 10.7 Å². The molecule has 86 valence electrons. The molecular formula is C13H16ClNO. The molecule has 1 aromatic rings. The first kappa shape index (κ1) is 12.7. The molecule has 0 aliphatic heterocycles. The molecule has 0 aliphatic carbocycles. The van der Waals surface area contributed by atoms with Crippen LogP contribution in [0.3, 0.4) is 0 Å². The quantitative estimate of drug-likeness (QED) is 0.570. The van der Waals surface area contributed by atoms with Crippen molar-refractivity contribution in [2.75, 3.05) is 18.6 Å². The van der Waals surface area contributed by atoms with Crippen molar-refractivity contribution in [3.63, 3.8) is 0 Å². The Balaban J connectivity index is 2.61. The van der Waals surface area contributed by atoms with Crippen LogP contribution >= 0.6 is 11.6 Å². The Morgan fingerprint density at radius 3 is 2.62 bits per heavy atom. The molecule has 0 saturated heterocycles. The molecule has 0 atom stereocenters. The SMILES string of the molecule is C=C(/C=C\N(C)c1ccc(Cl)cc1)OCC. The molecule has 0 aliphatic rings. The average Bonchev–Trinajstić information content (AvgIpc) is 2.27. The van der Waals surface area contributed by atoms with Crippen molar-refractivity contribution in [3.05, 3.63) is 53.9 Å². The number of hydrogen-bond acceptors (Lipinski definition) is 2. The Labute approximate surface area is 102 Å². The normalized spacial score (nSPS) is 10.4. The van der Waals surface area contributed by atoms with Crippen molar-refractivity contribution in [1.29, 1.82) is 0 Å². The Hall–Kier alpha value is -1.41. The van der Waals surface area contributed by atoms with E-state index in [1.165, 1.54) is 0 Å². The number of nitrogens with zero attached hydrogens (tertiary/aromatic N) is 1. The van der Waals surface area contributed by atoms with Crippen molar-refractivity contribution in [2.45, 2.75) is 6.92 Å². The summed E-state index contributed by atoms with van der Waals surface area (Å²) in [4.78, 5) is 1.97. The van der Waals surface area contributed by atoms with Crippen molar-refractivity contribution in [2.24, 2.45) is 0 Å². The fourth-order valence-electron chi connectivity index (χ4n) is 1.19. The van der Waals surface area contributed by atoms with E-state index in [1.807, 2.05) is 55.4 Å². The van der Waals surface area contributed by atoms with E-state index < -0.39 is 0 Å². The highest BCUT2D eigenvalue weighted by atomic mass is 35.5. The Kier molecular flexibility index (Phi) is 4.93. The summed E-state index contributed by atoms with van der Waals surface area (Å²) in [6, 6.07) is 7.63. The van der Waals surface area contributed by atoms with Gasteiger partial charge in [-0.3, -0.25) is 0 Å². The van der Waals surface area contributed by atoms with Gasteiger partial charge in [-0.25, -0.2) is 0 Å². The fourth-order valence-corrected chi connectivity index (χ4v) is 1.32. The van der Waals surface area contributed by atoms with Crippen LogP contribution in [0.2, 0.25) is 5.02 Å². The Bertz CT molecular complexity index is 370. The maximum Gasteiger partial charge on any atom is 0.113 e. The lowest BCUT2D eigenvalue weighted by Gasteiger charge is -2.14. The van der Waals surface area contributed by atoms with Crippen LogP contribution in [0.5, 0.6) is 0 Å². The zero-order valence-electron chi connectivity index (χ0n) is 9.61. The molecule has 0 bridgehead atoms. The molecule has 2 nitrogen and oxygen atoms in total.